The molecule has 1 heterocycles. The Labute approximate surface area is 119 Å². The molecule has 3 rings (SSSR count). The molecule has 0 aliphatic rings. The van der Waals surface area contributed by atoms with Crippen molar-refractivity contribution in [2.45, 2.75) is 0 Å². The van der Waals surface area contributed by atoms with Crippen molar-refractivity contribution in [3.63, 3.8) is 0 Å². The zero-order chi connectivity index (χ0) is 12.4. The Bertz CT molecular complexity index is 697. The minimum atomic E-state index is 0.762. The van der Waals surface area contributed by atoms with E-state index in [1.807, 2.05) is 54.6 Å². The summed E-state index contributed by atoms with van der Waals surface area (Å²) in [5, 5.41) is 1.08. The number of aromatic nitrogens is 1. The van der Waals surface area contributed by atoms with Crippen molar-refractivity contribution in [2.75, 3.05) is 0 Å². The molecule has 0 fully saturated rings. The summed E-state index contributed by atoms with van der Waals surface area (Å²) < 4.78 is 6.93. The fraction of sp³-hybridized carbons (Fsp3) is 0. The molecule has 0 bridgehead atoms. The van der Waals surface area contributed by atoms with Crippen LogP contribution in [0, 0.1) is 3.57 Å². The van der Waals surface area contributed by atoms with Gasteiger partial charge in [0, 0.05) is 5.39 Å². The molecule has 0 aliphatic heterocycles. The smallest absolute Gasteiger partial charge is 0.146 e. The molecule has 0 saturated carbocycles. The Balaban J connectivity index is 1.98. The Morgan fingerprint density at radius 1 is 0.944 bits per heavy atom. The summed E-state index contributed by atoms with van der Waals surface area (Å²) in [7, 11) is 0. The minimum Gasteiger partial charge on any atom is -0.455 e. The maximum atomic E-state index is 5.85. The largest absolute Gasteiger partial charge is 0.455 e. The van der Waals surface area contributed by atoms with E-state index in [4.69, 9.17) is 4.74 Å². The lowest BCUT2D eigenvalue weighted by molar-refractivity contribution is 0.478. The summed E-state index contributed by atoms with van der Waals surface area (Å²) in [6, 6.07) is 17.9. The molecular formula is C15H10INO. The highest BCUT2D eigenvalue weighted by atomic mass is 127. The zero-order valence-corrected chi connectivity index (χ0v) is 11.7. The van der Waals surface area contributed by atoms with Crippen LogP contribution in [0.4, 0.5) is 0 Å². The number of hydrogen-bond donors (Lipinski definition) is 0. The van der Waals surface area contributed by atoms with E-state index < -0.39 is 0 Å². The highest BCUT2D eigenvalue weighted by Gasteiger charge is 2.03. The first-order valence-corrected chi connectivity index (χ1v) is 6.68. The Hall–Kier alpha value is -1.62. The normalized spacial score (nSPS) is 10.5. The van der Waals surface area contributed by atoms with Crippen LogP contribution in [-0.2, 0) is 0 Å². The van der Waals surface area contributed by atoms with Crippen LogP contribution >= 0.6 is 22.6 Å². The quantitative estimate of drug-likeness (QED) is 0.631. The second kappa shape index (κ2) is 4.94. The number of rotatable bonds is 2. The maximum Gasteiger partial charge on any atom is 0.146 e. The number of halogens is 1. The van der Waals surface area contributed by atoms with Gasteiger partial charge in [0.25, 0.3) is 0 Å². The lowest BCUT2D eigenvalue weighted by Gasteiger charge is -2.07. The van der Waals surface area contributed by atoms with Crippen LogP contribution in [0.1, 0.15) is 0 Å². The van der Waals surface area contributed by atoms with Gasteiger partial charge in [0.2, 0.25) is 0 Å². The van der Waals surface area contributed by atoms with Gasteiger partial charge in [0.15, 0.2) is 0 Å². The number of nitrogens with zero attached hydrogens (tertiary/aromatic N) is 1. The molecule has 3 heteroatoms. The van der Waals surface area contributed by atoms with E-state index >= 15 is 0 Å². The van der Waals surface area contributed by atoms with Gasteiger partial charge in [-0.1, -0.05) is 30.3 Å². The fourth-order valence-electron chi connectivity index (χ4n) is 1.76. The molecule has 18 heavy (non-hydrogen) atoms. The molecule has 0 spiro atoms. The van der Waals surface area contributed by atoms with E-state index in [-0.39, 0.29) is 0 Å². The molecule has 88 valence electrons. The molecule has 0 saturated heterocycles. The summed E-state index contributed by atoms with van der Waals surface area (Å²) in [6.45, 7) is 0. The molecule has 0 unspecified atom stereocenters. The van der Waals surface area contributed by atoms with Gasteiger partial charge >= 0.3 is 0 Å². The molecule has 0 N–H and O–H groups in total. The van der Waals surface area contributed by atoms with Crippen molar-refractivity contribution in [1.82, 2.24) is 4.98 Å². The van der Waals surface area contributed by atoms with Crippen molar-refractivity contribution in [2.24, 2.45) is 0 Å². The molecular weight excluding hydrogens is 337 g/mol. The van der Waals surface area contributed by atoms with Gasteiger partial charge in [-0.15, -0.1) is 0 Å². The summed E-state index contributed by atoms with van der Waals surface area (Å²) in [4.78, 5) is 4.38. The van der Waals surface area contributed by atoms with Gasteiger partial charge in [0.05, 0.1) is 15.3 Å². The van der Waals surface area contributed by atoms with Crippen molar-refractivity contribution < 1.29 is 4.74 Å². The highest BCUT2D eigenvalue weighted by Crippen LogP contribution is 2.27. The third-order valence-corrected chi connectivity index (χ3v) is 3.52. The Morgan fingerprint density at radius 3 is 2.61 bits per heavy atom. The van der Waals surface area contributed by atoms with E-state index in [1.165, 1.54) is 0 Å². The highest BCUT2D eigenvalue weighted by molar-refractivity contribution is 14.1. The number of hydrogen-bond acceptors (Lipinski definition) is 2. The molecule has 1 aromatic heterocycles. The van der Waals surface area contributed by atoms with E-state index in [2.05, 4.69) is 27.6 Å². The van der Waals surface area contributed by atoms with Crippen LogP contribution in [0.25, 0.3) is 10.9 Å². The Morgan fingerprint density at radius 2 is 1.72 bits per heavy atom. The van der Waals surface area contributed by atoms with Gasteiger partial charge < -0.3 is 4.74 Å². The van der Waals surface area contributed by atoms with Crippen LogP contribution in [0.3, 0.4) is 0 Å². The molecule has 0 radical (unpaired) electrons. The maximum absolute atomic E-state index is 5.85. The number of benzene rings is 2. The lowest BCUT2D eigenvalue weighted by Crippen LogP contribution is -1.88. The second-order valence-electron chi connectivity index (χ2n) is 3.90. The minimum absolute atomic E-state index is 0.762. The summed E-state index contributed by atoms with van der Waals surface area (Å²) in [6.07, 6.45) is 1.76. The Kier molecular flexibility index (Phi) is 3.15. The average molecular weight is 347 g/mol. The van der Waals surface area contributed by atoms with Crippen LogP contribution in [0.2, 0.25) is 0 Å². The molecule has 0 amide bonds. The summed E-state index contributed by atoms with van der Waals surface area (Å²) >= 11 is 2.26. The standard InChI is InChI=1S/C15H10INO/c16-13-6-2-4-8-15(13)18-12-9-11-5-1-3-7-14(11)17-10-12/h1-10H. The first-order valence-electron chi connectivity index (χ1n) is 5.60. The first-order chi connectivity index (χ1) is 8.83. The zero-order valence-electron chi connectivity index (χ0n) is 9.51. The second-order valence-corrected chi connectivity index (χ2v) is 5.06. The van der Waals surface area contributed by atoms with Gasteiger partial charge in [-0.05, 0) is 46.9 Å². The number of para-hydroxylation sites is 2. The molecule has 0 aliphatic carbocycles. The van der Waals surface area contributed by atoms with Crippen LogP contribution in [0.15, 0.2) is 60.8 Å². The van der Waals surface area contributed by atoms with Crippen LogP contribution in [0.5, 0.6) is 11.5 Å². The number of pyridine rings is 1. The van der Waals surface area contributed by atoms with Gasteiger partial charge in [-0.3, -0.25) is 4.98 Å². The molecule has 3 aromatic rings. The van der Waals surface area contributed by atoms with E-state index in [9.17, 15) is 0 Å². The topological polar surface area (TPSA) is 22.1 Å². The molecule has 2 aromatic carbocycles. The van der Waals surface area contributed by atoms with Crippen molar-refractivity contribution in [3.8, 4) is 11.5 Å². The summed E-state index contributed by atoms with van der Waals surface area (Å²) in [5.74, 6) is 1.62. The van der Waals surface area contributed by atoms with Gasteiger partial charge in [-0.25, -0.2) is 0 Å². The lowest BCUT2D eigenvalue weighted by atomic mass is 10.2. The third-order valence-electron chi connectivity index (χ3n) is 2.63. The van der Waals surface area contributed by atoms with Crippen molar-refractivity contribution >= 4 is 33.5 Å². The fourth-order valence-corrected chi connectivity index (χ4v) is 2.26. The molecule has 0 atom stereocenters. The predicted octanol–water partition coefficient (Wildman–Crippen LogP) is 4.63. The predicted molar refractivity (Wildman–Crippen MR) is 81.0 cm³/mol. The van der Waals surface area contributed by atoms with Crippen LogP contribution in [-0.4, -0.2) is 4.98 Å². The average Bonchev–Trinajstić information content (AvgIpc) is 2.41. The van der Waals surface area contributed by atoms with E-state index in [0.29, 0.717) is 0 Å². The van der Waals surface area contributed by atoms with E-state index in [0.717, 1.165) is 26.0 Å². The monoisotopic (exact) mass is 347 g/mol. The number of ether oxygens (including phenoxy) is 1. The first kappa shape index (κ1) is 11.5. The van der Waals surface area contributed by atoms with Crippen molar-refractivity contribution in [3.05, 3.63) is 64.4 Å². The SMILES string of the molecule is Ic1ccccc1Oc1cnc2ccccc2c1. The third kappa shape index (κ3) is 2.31. The van der Waals surface area contributed by atoms with Crippen molar-refractivity contribution in [1.29, 1.82) is 0 Å². The van der Waals surface area contributed by atoms with Crippen LogP contribution < -0.4 is 4.74 Å². The van der Waals surface area contributed by atoms with Gasteiger partial charge in [-0.2, -0.15) is 0 Å². The molecule has 2 nitrogen and oxygen atoms in total. The van der Waals surface area contributed by atoms with Gasteiger partial charge in [0.1, 0.15) is 11.5 Å². The van der Waals surface area contributed by atoms with E-state index in [1.54, 1.807) is 6.20 Å². The summed E-state index contributed by atoms with van der Waals surface area (Å²) in [5.41, 5.74) is 0.979. The number of fused-ring (bicyclic) bond motifs is 1.